The lowest BCUT2D eigenvalue weighted by molar-refractivity contribution is 0.949. The van der Waals surface area contributed by atoms with Crippen LogP contribution in [0.15, 0.2) is 133 Å². The molecule has 36 heavy (non-hydrogen) atoms. The smallest absolute Gasteiger partial charge is 0.0502 e. The van der Waals surface area contributed by atoms with Crippen molar-refractivity contribution < 1.29 is 0 Å². The summed E-state index contributed by atoms with van der Waals surface area (Å²) in [5.74, 6) is 0. The molecule has 178 valence electrons. The molecule has 0 fully saturated rings. The molecule has 5 aromatic carbocycles. The van der Waals surface area contributed by atoms with Gasteiger partial charge in [0.2, 0.25) is 0 Å². The summed E-state index contributed by atoms with van der Waals surface area (Å²) in [6.07, 6.45) is 0. The van der Waals surface area contributed by atoms with Crippen LogP contribution >= 0.6 is 0 Å². The average Bonchev–Trinajstić information content (AvgIpc) is 2.94. The Morgan fingerprint density at radius 1 is 0.389 bits per heavy atom. The normalized spacial score (nSPS) is 10.7. The van der Waals surface area contributed by atoms with Gasteiger partial charge in [0.05, 0.1) is 13.1 Å². The fraction of sp³-hybridized carbons (Fsp3) is 0.0625. The number of anilines is 6. The Balaban J connectivity index is 1.52. The van der Waals surface area contributed by atoms with E-state index in [1.54, 1.807) is 0 Å². The summed E-state index contributed by atoms with van der Waals surface area (Å²) in [4.78, 5) is 4.55. The molecule has 0 saturated carbocycles. The molecule has 0 bridgehead atoms. The van der Waals surface area contributed by atoms with Crippen molar-refractivity contribution in [3.63, 3.8) is 0 Å². The fourth-order valence-corrected chi connectivity index (χ4v) is 4.44. The molecule has 4 heteroatoms. The van der Waals surface area contributed by atoms with E-state index in [2.05, 4.69) is 113 Å². The van der Waals surface area contributed by atoms with Crippen molar-refractivity contribution >= 4 is 34.1 Å². The highest BCUT2D eigenvalue weighted by atomic mass is 15.1. The molecule has 0 aliphatic rings. The number of hydrogen-bond donors (Lipinski definition) is 2. The summed E-state index contributed by atoms with van der Waals surface area (Å²) in [5.41, 5.74) is 20.9. The van der Waals surface area contributed by atoms with Crippen molar-refractivity contribution in [1.29, 1.82) is 0 Å². The molecule has 0 spiro atoms. The predicted octanol–water partition coefficient (Wildman–Crippen LogP) is 7.53. The maximum atomic E-state index is 6.53. The highest BCUT2D eigenvalue weighted by molar-refractivity contribution is 5.69. The predicted molar refractivity (Wildman–Crippen MR) is 153 cm³/mol. The van der Waals surface area contributed by atoms with Crippen molar-refractivity contribution in [3.05, 3.63) is 145 Å². The van der Waals surface area contributed by atoms with Gasteiger partial charge in [-0.15, -0.1) is 0 Å². The monoisotopic (exact) mass is 470 g/mol. The van der Waals surface area contributed by atoms with E-state index in [4.69, 9.17) is 11.5 Å². The van der Waals surface area contributed by atoms with E-state index in [9.17, 15) is 0 Å². The van der Waals surface area contributed by atoms with Crippen molar-refractivity contribution in [2.45, 2.75) is 13.1 Å². The van der Waals surface area contributed by atoms with Gasteiger partial charge in [-0.05, 0) is 71.8 Å². The summed E-state index contributed by atoms with van der Waals surface area (Å²) in [7, 11) is 0. The SMILES string of the molecule is Nc1cc(N)c(CN(c2ccccc2)c2ccccc2)cc1CN(c1ccccc1)c1ccccc1. The van der Waals surface area contributed by atoms with Crippen LogP contribution in [0.2, 0.25) is 0 Å². The quantitative estimate of drug-likeness (QED) is 0.230. The molecule has 0 aliphatic carbocycles. The molecule has 4 N–H and O–H groups in total. The van der Waals surface area contributed by atoms with Crippen LogP contribution in [0.3, 0.4) is 0 Å². The summed E-state index contributed by atoms with van der Waals surface area (Å²) >= 11 is 0. The van der Waals surface area contributed by atoms with Gasteiger partial charge in [-0.1, -0.05) is 72.8 Å². The van der Waals surface area contributed by atoms with Crippen LogP contribution in [-0.2, 0) is 13.1 Å². The zero-order valence-corrected chi connectivity index (χ0v) is 20.2. The number of hydrogen-bond acceptors (Lipinski definition) is 4. The Kier molecular flexibility index (Phi) is 6.86. The third-order valence-corrected chi connectivity index (χ3v) is 6.33. The first-order chi connectivity index (χ1) is 17.7. The van der Waals surface area contributed by atoms with Crippen LogP contribution in [0.4, 0.5) is 34.1 Å². The molecule has 0 saturated heterocycles. The number of nitrogen functional groups attached to an aromatic ring is 2. The third-order valence-electron chi connectivity index (χ3n) is 6.33. The van der Waals surface area contributed by atoms with Crippen LogP contribution in [-0.4, -0.2) is 0 Å². The van der Waals surface area contributed by atoms with Gasteiger partial charge in [-0.25, -0.2) is 0 Å². The van der Waals surface area contributed by atoms with Crippen LogP contribution in [0.25, 0.3) is 0 Å². The Labute approximate surface area is 213 Å². The molecule has 4 nitrogen and oxygen atoms in total. The molecule has 5 rings (SSSR count). The Morgan fingerprint density at radius 2 is 0.667 bits per heavy atom. The largest absolute Gasteiger partial charge is 0.398 e. The lowest BCUT2D eigenvalue weighted by Gasteiger charge is -2.28. The number of benzene rings is 5. The molecule has 0 heterocycles. The van der Waals surface area contributed by atoms with E-state index in [1.165, 1.54) is 0 Å². The van der Waals surface area contributed by atoms with Gasteiger partial charge in [-0.2, -0.15) is 0 Å². The topological polar surface area (TPSA) is 58.5 Å². The van der Waals surface area contributed by atoms with Gasteiger partial charge >= 0.3 is 0 Å². The van der Waals surface area contributed by atoms with Gasteiger partial charge in [0.1, 0.15) is 0 Å². The maximum absolute atomic E-state index is 6.53. The third kappa shape index (κ3) is 5.18. The van der Waals surface area contributed by atoms with Crippen molar-refractivity contribution in [3.8, 4) is 0 Å². The first kappa shape index (κ1) is 23.1. The minimum Gasteiger partial charge on any atom is -0.398 e. The lowest BCUT2D eigenvalue weighted by atomic mass is 10.0. The zero-order valence-electron chi connectivity index (χ0n) is 20.2. The van der Waals surface area contributed by atoms with Gasteiger partial charge in [0.15, 0.2) is 0 Å². The fourth-order valence-electron chi connectivity index (χ4n) is 4.44. The molecular weight excluding hydrogens is 440 g/mol. The Bertz CT molecular complexity index is 1200. The van der Waals surface area contributed by atoms with Crippen molar-refractivity contribution in [2.75, 3.05) is 21.3 Å². The molecular formula is C32H30N4. The second-order valence-corrected chi connectivity index (χ2v) is 8.76. The van der Waals surface area contributed by atoms with Gasteiger partial charge in [0, 0.05) is 34.1 Å². The summed E-state index contributed by atoms with van der Waals surface area (Å²) in [5, 5.41) is 0. The summed E-state index contributed by atoms with van der Waals surface area (Å²) < 4.78 is 0. The van der Waals surface area contributed by atoms with Crippen LogP contribution in [0.1, 0.15) is 11.1 Å². The number of nitrogens with two attached hydrogens (primary N) is 2. The second-order valence-electron chi connectivity index (χ2n) is 8.76. The maximum Gasteiger partial charge on any atom is 0.0502 e. The molecule has 0 radical (unpaired) electrons. The van der Waals surface area contributed by atoms with Crippen LogP contribution < -0.4 is 21.3 Å². The molecule has 0 aliphatic heterocycles. The van der Waals surface area contributed by atoms with E-state index in [0.29, 0.717) is 24.5 Å². The second kappa shape index (κ2) is 10.7. The van der Waals surface area contributed by atoms with Crippen LogP contribution in [0, 0.1) is 0 Å². The van der Waals surface area contributed by atoms with Gasteiger partial charge in [0.25, 0.3) is 0 Å². The van der Waals surface area contributed by atoms with Crippen molar-refractivity contribution in [1.82, 2.24) is 0 Å². The van der Waals surface area contributed by atoms with E-state index in [1.807, 2.05) is 30.3 Å². The van der Waals surface area contributed by atoms with Gasteiger partial charge in [-0.3, -0.25) is 0 Å². The summed E-state index contributed by atoms with van der Waals surface area (Å²) in [6, 6.07) is 45.6. The minimum absolute atomic E-state index is 0.629. The first-order valence-electron chi connectivity index (χ1n) is 12.1. The minimum atomic E-state index is 0.629. The van der Waals surface area contributed by atoms with E-state index in [0.717, 1.165) is 33.9 Å². The highest BCUT2D eigenvalue weighted by Crippen LogP contribution is 2.33. The average molecular weight is 471 g/mol. The van der Waals surface area contributed by atoms with E-state index in [-0.39, 0.29) is 0 Å². The number of rotatable bonds is 8. The van der Waals surface area contributed by atoms with E-state index < -0.39 is 0 Å². The standard InChI is InChI=1S/C32H30N4/c33-31-22-32(34)26(24-36(29-17-9-3-10-18-29)30-19-11-4-12-20-30)21-25(31)23-35(27-13-5-1-6-14-27)28-15-7-2-8-16-28/h1-22H,23-24,33-34H2. The van der Waals surface area contributed by atoms with Crippen molar-refractivity contribution in [2.24, 2.45) is 0 Å². The first-order valence-corrected chi connectivity index (χ1v) is 12.1. The molecule has 0 amide bonds. The van der Waals surface area contributed by atoms with Crippen LogP contribution in [0.5, 0.6) is 0 Å². The Hall–Kier alpha value is -4.70. The number of para-hydroxylation sites is 4. The van der Waals surface area contributed by atoms with Gasteiger partial charge < -0.3 is 21.3 Å². The van der Waals surface area contributed by atoms with E-state index >= 15 is 0 Å². The summed E-state index contributed by atoms with van der Waals surface area (Å²) in [6.45, 7) is 1.26. The Morgan fingerprint density at radius 3 is 0.944 bits per heavy atom. The highest BCUT2D eigenvalue weighted by Gasteiger charge is 2.16. The molecule has 0 aromatic heterocycles. The zero-order chi connectivity index (χ0) is 24.7. The lowest BCUT2D eigenvalue weighted by Crippen LogP contribution is -2.20. The molecule has 5 aromatic rings. The molecule has 0 unspecified atom stereocenters. The molecule has 0 atom stereocenters. The number of nitrogens with zero attached hydrogens (tertiary/aromatic N) is 2.